The summed E-state index contributed by atoms with van der Waals surface area (Å²) in [6, 6.07) is 21.5. The molecule has 4 rings (SSSR count). The van der Waals surface area contributed by atoms with Crippen LogP contribution < -0.4 is 5.32 Å². The van der Waals surface area contributed by atoms with Crippen LogP contribution >= 0.6 is 0 Å². The molecule has 1 aliphatic rings. The molecule has 1 aliphatic carbocycles. The van der Waals surface area contributed by atoms with Crippen molar-refractivity contribution in [2.24, 2.45) is 0 Å². The summed E-state index contributed by atoms with van der Waals surface area (Å²) in [4.78, 5) is 24.2. The molecule has 0 saturated heterocycles. The van der Waals surface area contributed by atoms with Gasteiger partial charge in [-0.15, -0.1) is 0 Å². The average Bonchev–Trinajstić information content (AvgIpc) is 3.13. The molecule has 0 aromatic heterocycles. The summed E-state index contributed by atoms with van der Waals surface area (Å²) >= 11 is 0. The monoisotopic (exact) mass is 443 g/mol. The van der Waals surface area contributed by atoms with Gasteiger partial charge in [-0.25, -0.2) is 9.59 Å². The Bertz CT molecular complexity index is 1120. The first kappa shape index (κ1) is 22.6. The van der Waals surface area contributed by atoms with E-state index in [4.69, 9.17) is 4.74 Å². The van der Waals surface area contributed by atoms with E-state index in [1.807, 2.05) is 31.2 Å². The van der Waals surface area contributed by atoms with Crippen molar-refractivity contribution < 1.29 is 19.4 Å². The number of carboxylic acids is 1. The van der Waals surface area contributed by atoms with E-state index in [2.05, 4.69) is 54.7 Å². The normalized spacial score (nSPS) is 13.2. The number of carbonyl (C=O) groups excluding carboxylic acids is 1. The molecule has 5 heteroatoms. The number of hydrogen-bond acceptors (Lipinski definition) is 3. The van der Waals surface area contributed by atoms with Gasteiger partial charge in [0, 0.05) is 5.92 Å². The Balaban J connectivity index is 1.34. The minimum Gasteiger partial charge on any atom is -0.480 e. The molecule has 3 aromatic rings. The van der Waals surface area contributed by atoms with E-state index in [0.717, 1.165) is 28.7 Å². The lowest BCUT2D eigenvalue weighted by atomic mass is 9.98. The van der Waals surface area contributed by atoms with Crippen molar-refractivity contribution in [3.63, 3.8) is 0 Å². The van der Waals surface area contributed by atoms with E-state index in [0.29, 0.717) is 12.8 Å². The molecule has 0 saturated carbocycles. The molecular formula is C28H29NO4. The summed E-state index contributed by atoms with van der Waals surface area (Å²) < 4.78 is 5.51. The fraction of sp³-hybridized carbons (Fsp3) is 0.286. The summed E-state index contributed by atoms with van der Waals surface area (Å²) in [6.45, 7) is 4.26. The Morgan fingerprint density at radius 3 is 2.24 bits per heavy atom. The second-order valence-electron chi connectivity index (χ2n) is 8.68. The highest BCUT2D eigenvalue weighted by molar-refractivity contribution is 5.81. The Morgan fingerprint density at radius 1 is 0.970 bits per heavy atom. The minimum absolute atomic E-state index is 0.0595. The van der Waals surface area contributed by atoms with Crippen LogP contribution in [0.15, 0.2) is 66.7 Å². The zero-order valence-electron chi connectivity index (χ0n) is 19.0. The van der Waals surface area contributed by atoms with Gasteiger partial charge in [-0.1, -0.05) is 72.3 Å². The maximum Gasteiger partial charge on any atom is 0.407 e. The standard InChI is InChI=1S/C28H29NO4/c1-18-14-15-19(2)20(16-18)8-7-13-26(27(30)31)29-28(32)33-17-25-23-11-5-3-9-21(23)22-10-4-6-12-24(22)25/h3-6,9-12,14-16,25-26H,7-8,13,17H2,1-2H3,(H,29,32)(H,30,31). The van der Waals surface area contributed by atoms with Gasteiger partial charge in [0.15, 0.2) is 0 Å². The molecule has 2 N–H and O–H groups in total. The number of benzene rings is 3. The third-order valence-electron chi connectivity index (χ3n) is 6.38. The van der Waals surface area contributed by atoms with Crippen LogP contribution in [0.3, 0.4) is 0 Å². The summed E-state index contributed by atoms with van der Waals surface area (Å²) in [5.41, 5.74) is 8.12. The Labute approximate surface area is 194 Å². The summed E-state index contributed by atoms with van der Waals surface area (Å²) in [6.07, 6.45) is 1.07. The molecule has 0 radical (unpaired) electrons. The van der Waals surface area contributed by atoms with E-state index in [1.54, 1.807) is 0 Å². The van der Waals surface area contributed by atoms with Gasteiger partial charge in [-0.05, 0) is 66.5 Å². The van der Waals surface area contributed by atoms with E-state index in [1.165, 1.54) is 16.7 Å². The molecule has 0 spiro atoms. The molecule has 170 valence electrons. The van der Waals surface area contributed by atoms with Gasteiger partial charge >= 0.3 is 12.1 Å². The molecule has 3 aromatic carbocycles. The molecule has 0 fully saturated rings. The highest BCUT2D eigenvalue weighted by Crippen LogP contribution is 2.44. The number of alkyl carbamates (subject to hydrolysis) is 1. The first-order valence-electron chi connectivity index (χ1n) is 11.3. The predicted molar refractivity (Wildman–Crippen MR) is 128 cm³/mol. The van der Waals surface area contributed by atoms with Crippen LogP contribution in [0.4, 0.5) is 4.79 Å². The van der Waals surface area contributed by atoms with E-state index < -0.39 is 18.1 Å². The quantitative estimate of drug-likeness (QED) is 0.474. The van der Waals surface area contributed by atoms with E-state index >= 15 is 0 Å². The number of aryl methyl sites for hydroxylation is 3. The van der Waals surface area contributed by atoms with Gasteiger partial charge in [0.25, 0.3) is 0 Å². The predicted octanol–water partition coefficient (Wildman–Crippen LogP) is 5.62. The third-order valence-corrected chi connectivity index (χ3v) is 6.38. The lowest BCUT2D eigenvalue weighted by molar-refractivity contribution is -0.139. The van der Waals surface area contributed by atoms with E-state index in [-0.39, 0.29) is 12.5 Å². The number of amides is 1. The number of nitrogens with one attached hydrogen (secondary N) is 1. The van der Waals surface area contributed by atoms with Crippen molar-refractivity contribution in [1.29, 1.82) is 0 Å². The van der Waals surface area contributed by atoms with Gasteiger partial charge in [0.05, 0.1) is 0 Å². The lowest BCUT2D eigenvalue weighted by Gasteiger charge is -2.17. The van der Waals surface area contributed by atoms with Gasteiger partial charge in [-0.2, -0.15) is 0 Å². The fourth-order valence-corrected chi connectivity index (χ4v) is 4.61. The number of carboxylic acid groups (broad SMARTS) is 1. The molecule has 1 amide bonds. The van der Waals surface area contributed by atoms with E-state index in [9.17, 15) is 14.7 Å². The van der Waals surface area contributed by atoms with Crippen molar-refractivity contribution in [3.05, 3.63) is 94.5 Å². The van der Waals surface area contributed by atoms with Gasteiger partial charge < -0.3 is 15.2 Å². The number of ether oxygens (including phenoxy) is 1. The first-order chi connectivity index (χ1) is 15.9. The molecule has 33 heavy (non-hydrogen) atoms. The first-order valence-corrected chi connectivity index (χ1v) is 11.3. The zero-order valence-corrected chi connectivity index (χ0v) is 19.0. The highest BCUT2D eigenvalue weighted by Gasteiger charge is 2.29. The summed E-state index contributed by atoms with van der Waals surface area (Å²) in [5, 5.41) is 12.1. The number of aliphatic carboxylic acids is 1. The van der Waals surface area contributed by atoms with Crippen LogP contribution in [0.1, 0.15) is 46.6 Å². The Morgan fingerprint density at radius 2 is 1.61 bits per heavy atom. The molecule has 1 unspecified atom stereocenters. The van der Waals surface area contributed by atoms with Gasteiger partial charge in [0.1, 0.15) is 12.6 Å². The van der Waals surface area contributed by atoms with Crippen LogP contribution in [-0.2, 0) is 16.0 Å². The maximum atomic E-state index is 12.5. The van der Waals surface area contributed by atoms with Gasteiger partial charge in [-0.3, -0.25) is 0 Å². The molecule has 0 bridgehead atoms. The van der Waals surface area contributed by atoms with Crippen molar-refractivity contribution >= 4 is 12.1 Å². The number of carbonyl (C=O) groups is 2. The third kappa shape index (κ3) is 5.08. The zero-order chi connectivity index (χ0) is 23.4. The van der Waals surface area contributed by atoms with Crippen LogP contribution in [0.2, 0.25) is 0 Å². The highest BCUT2D eigenvalue weighted by atomic mass is 16.5. The van der Waals surface area contributed by atoms with Crippen molar-refractivity contribution in [2.75, 3.05) is 6.61 Å². The van der Waals surface area contributed by atoms with Crippen LogP contribution in [-0.4, -0.2) is 29.8 Å². The maximum absolute atomic E-state index is 12.5. The fourth-order valence-electron chi connectivity index (χ4n) is 4.61. The van der Waals surface area contributed by atoms with Crippen LogP contribution in [0.25, 0.3) is 11.1 Å². The van der Waals surface area contributed by atoms with Gasteiger partial charge in [0.2, 0.25) is 0 Å². The number of fused-ring (bicyclic) bond motifs is 3. The molecule has 5 nitrogen and oxygen atoms in total. The smallest absolute Gasteiger partial charge is 0.407 e. The van der Waals surface area contributed by atoms with Crippen LogP contribution in [0.5, 0.6) is 0 Å². The summed E-state index contributed by atoms with van der Waals surface area (Å²) in [5.74, 6) is -1.11. The van der Waals surface area contributed by atoms with Crippen molar-refractivity contribution in [1.82, 2.24) is 5.32 Å². The SMILES string of the molecule is Cc1ccc(C)c(CCCC(NC(=O)OCC2c3ccccc3-c3ccccc32)C(=O)O)c1. The summed E-state index contributed by atoms with van der Waals surface area (Å²) in [7, 11) is 0. The van der Waals surface area contributed by atoms with Crippen molar-refractivity contribution in [2.45, 2.75) is 45.1 Å². The lowest BCUT2D eigenvalue weighted by Crippen LogP contribution is -2.41. The Kier molecular flexibility index (Phi) is 6.78. The molecule has 1 atom stereocenters. The molecular weight excluding hydrogens is 414 g/mol. The second kappa shape index (κ2) is 9.90. The topological polar surface area (TPSA) is 75.6 Å². The van der Waals surface area contributed by atoms with Crippen LogP contribution in [0, 0.1) is 13.8 Å². The Hall–Kier alpha value is -3.60. The minimum atomic E-state index is -1.05. The molecule has 0 aliphatic heterocycles. The van der Waals surface area contributed by atoms with Crippen molar-refractivity contribution in [3.8, 4) is 11.1 Å². The number of hydrogen-bond donors (Lipinski definition) is 2. The molecule has 0 heterocycles. The second-order valence-corrected chi connectivity index (χ2v) is 8.68. The number of rotatable bonds is 8. The average molecular weight is 444 g/mol. The largest absolute Gasteiger partial charge is 0.480 e.